The summed E-state index contributed by atoms with van der Waals surface area (Å²) in [4.78, 5) is 12.2. The van der Waals surface area contributed by atoms with Gasteiger partial charge in [0, 0.05) is 17.8 Å². The van der Waals surface area contributed by atoms with Crippen molar-refractivity contribution >= 4 is 11.6 Å². The van der Waals surface area contributed by atoms with Crippen molar-refractivity contribution in [2.45, 2.75) is 44.7 Å². The minimum absolute atomic E-state index is 0.0386. The van der Waals surface area contributed by atoms with Crippen molar-refractivity contribution in [1.82, 2.24) is 5.32 Å². The summed E-state index contributed by atoms with van der Waals surface area (Å²) in [5, 5.41) is 6.29. The molecule has 0 heterocycles. The van der Waals surface area contributed by atoms with Gasteiger partial charge >= 0.3 is 0 Å². The maximum Gasteiger partial charge on any atom is 0.242 e. The van der Waals surface area contributed by atoms with Crippen LogP contribution in [0, 0.1) is 0 Å². The summed E-state index contributed by atoms with van der Waals surface area (Å²) in [5.41, 5.74) is 0.835. The Morgan fingerprint density at radius 1 is 1.19 bits per heavy atom. The van der Waals surface area contributed by atoms with Crippen LogP contribution in [0.2, 0.25) is 0 Å². The van der Waals surface area contributed by atoms with Crippen molar-refractivity contribution in [3.63, 3.8) is 0 Å². The fourth-order valence-corrected chi connectivity index (χ4v) is 2.64. The van der Waals surface area contributed by atoms with E-state index < -0.39 is 0 Å². The second-order valence-electron chi connectivity index (χ2n) is 5.43. The number of hydrogen-bond donors (Lipinski definition) is 2. The first-order valence-corrected chi connectivity index (χ1v) is 7.43. The molecule has 0 saturated heterocycles. The Kier molecular flexibility index (Phi) is 5.31. The van der Waals surface area contributed by atoms with E-state index in [1.165, 1.54) is 12.8 Å². The van der Waals surface area contributed by atoms with Crippen LogP contribution in [0.15, 0.2) is 18.2 Å². The van der Waals surface area contributed by atoms with E-state index in [1.807, 2.05) is 25.1 Å². The zero-order valence-corrected chi connectivity index (χ0v) is 12.9. The van der Waals surface area contributed by atoms with Gasteiger partial charge in [0.05, 0.1) is 14.2 Å². The van der Waals surface area contributed by atoms with Crippen molar-refractivity contribution in [3.8, 4) is 11.5 Å². The third-order valence-corrected chi connectivity index (χ3v) is 3.86. The summed E-state index contributed by atoms with van der Waals surface area (Å²) in [6.07, 6.45) is 4.61. The number of carbonyl (C=O) groups is 1. The zero-order chi connectivity index (χ0) is 15.2. The van der Waals surface area contributed by atoms with Crippen LogP contribution in [0.4, 0.5) is 5.69 Å². The second-order valence-corrected chi connectivity index (χ2v) is 5.43. The SMILES string of the molecule is COc1ccc(N[C@H](C)C(=O)NC2CCCC2)cc1OC. The molecule has 2 rings (SSSR count). The lowest BCUT2D eigenvalue weighted by atomic mass is 10.2. The maximum absolute atomic E-state index is 12.2. The summed E-state index contributed by atoms with van der Waals surface area (Å²) in [5.74, 6) is 1.36. The second kappa shape index (κ2) is 7.20. The Bertz CT molecular complexity index is 484. The van der Waals surface area contributed by atoms with Gasteiger partial charge < -0.3 is 20.1 Å². The summed E-state index contributed by atoms with van der Waals surface area (Å²) < 4.78 is 10.5. The van der Waals surface area contributed by atoms with Crippen LogP contribution >= 0.6 is 0 Å². The minimum Gasteiger partial charge on any atom is -0.493 e. The molecule has 1 aliphatic rings. The standard InChI is InChI=1S/C16H24N2O3/c1-11(16(19)18-12-6-4-5-7-12)17-13-8-9-14(20-2)15(10-13)21-3/h8-12,17H,4-7H2,1-3H3,(H,18,19)/t11-/m1/s1. The number of hydrogen-bond acceptors (Lipinski definition) is 4. The number of anilines is 1. The van der Waals surface area contributed by atoms with Gasteiger partial charge in [-0.25, -0.2) is 0 Å². The number of ether oxygens (including phenoxy) is 2. The number of carbonyl (C=O) groups excluding carboxylic acids is 1. The van der Waals surface area contributed by atoms with E-state index in [1.54, 1.807) is 14.2 Å². The highest BCUT2D eigenvalue weighted by atomic mass is 16.5. The Balaban J connectivity index is 1.94. The molecular formula is C16H24N2O3. The average Bonchev–Trinajstić information content (AvgIpc) is 2.99. The van der Waals surface area contributed by atoms with Crippen molar-refractivity contribution in [2.24, 2.45) is 0 Å². The van der Waals surface area contributed by atoms with Crippen molar-refractivity contribution in [3.05, 3.63) is 18.2 Å². The van der Waals surface area contributed by atoms with E-state index in [0.717, 1.165) is 18.5 Å². The Morgan fingerprint density at radius 3 is 2.48 bits per heavy atom. The van der Waals surface area contributed by atoms with Crippen molar-refractivity contribution < 1.29 is 14.3 Å². The molecule has 0 aromatic heterocycles. The molecular weight excluding hydrogens is 268 g/mol. The average molecular weight is 292 g/mol. The van der Waals surface area contributed by atoms with Crippen molar-refractivity contribution in [1.29, 1.82) is 0 Å². The molecule has 1 atom stereocenters. The normalized spacial score (nSPS) is 16.3. The molecule has 1 aromatic carbocycles. The van der Waals surface area contributed by atoms with Crippen LogP contribution in [-0.4, -0.2) is 32.2 Å². The molecule has 0 spiro atoms. The molecule has 5 heteroatoms. The molecule has 0 aliphatic heterocycles. The van der Waals surface area contributed by atoms with Gasteiger partial charge in [0.1, 0.15) is 6.04 Å². The topological polar surface area (TPSA) is 59.6 Å². The fraction of sp³-hybridized carbons (Fsp3) is 0.562. The molecule has 1 fully saturated rings. The van der Waals surface area contributed by atoms with Crippen LogP contribution in [0.3, 0.4) is 0 Å². The molecule has 0 radical (unpaired) electrons. The smallest absolute Gasteiger partial charge is 0.242 e. The van der Waals surface area contributed by atoms with Gasteiger partial charge in [-0.1, -0.05) is 12.8 Å². The quantitative estimate of drug-likeness (QED) is 0.846. The maximum atomic E-state index is 12.2. The van der Waals surface area contributed by atoms with E-state index >= 15 is 0 Å². The van der Waals surface area contributed by atoms with E-state index in [9.17, 15) is 4.79 Å². The van der Waals surface area contributed by atoms with Crippen LogP contribution in [-0.2, 0) is 4.79 Å². The molecule has 1 amide bonds. The van der Waals surface area contributed by atoms with E-state index in [4.69, 9.17) is 9.47 Å². The monoisotopic (exact) mass is 292 g/mol. The first kappa shape index (κ1) is 15.5. The number of rotatable bonds is 6. The molecule has 21 heavy (non-hydrogen) atoms. The lowest BCUT2D eigenvalue weighted by molar-refractivity contribution is -0.122. The van der Waals surface area contributed by atoms with Gasteiger partial charge in [-0.05, 0) is 31.9 Å². The molecule has 1 saturated carbocycles. The van der Waals surface area contributed by atoms with Crippen molar-refractivity contribution in [2.75, 3.05) is 19.5 Å². The Labute approximate surface area is 126 Å². The lowest BCUT2D eigenvalue weighted by Crippen LogP contribution is -2.42. The Hall–Kier alpha value is -1.91. The van der Waals surface area contributed by atoms with Gasteiger partial charge in [-0.2, -0.15) is 0 Å². The van der Waals surface area contributed by atoms with E-state index in [0.29, 0.717) is 17.5 Å². The first-order chi connectivity index (χ1) is 10.1. The highest BCUT2D eigenvalue weighted by molar-refractivity contribution is 5.84. The molecule has 1 aromatic rings. The number of methoxy groups -OCH3 is 2. The number of nitrogens with one attached hydrogen (secondary N) is 2. The van der Waals surface area contributed by atoms with E-state index in [-0.39, 0.29) is 11.9 Å². The van der Waals surface area contributed by atoms with E-state index in [2.05, 4.69) is 10.6 Å². The van der Waals surface area contributed by atoms with Gasteiger partial charge in [0.25, 0.3) is 0 Å². The first-order valence-electron chi connectivity index (χ1n) is 7.43. The number of benzene rings is 1. The molecule has 0 bridgehead atoms. The molecule has 116 valence electrons. The van der Waals surface area contributed by atoms with Crippen LogP contribution in [0.25, 0.3) is 0 Å². The summed E-state index contributed by atoms with van der Waals surface area (Å²) >= 11 is 0. The lowest BCUT2D eigenvalue weighted by Gasteiger charge is -2.19. The largest absolute Gasteiger partial charge is 0.493 e. The summed E-state index contributed by atoms with van der Waals surface area (Å²) in [7, 11) is 3.19. The molecule has 1 aliphatic carbocycles. The van der Waals surface area contributed by atoms with Gasteiger partial charge in [-0.15, -0.1) is 0 Å². The highest BCUT2D eigenvalue weighted by Crippen LogP contribution is 2.30. The zero-order valence-electron chi connectivity index (χ0n) is 12.9. The predicted molar refractivity (Wildman–Crippen MR) is 83.0 cm³/mol. The summed E-state index contributed by atoms with van der Waals surface area (Å²) in [6, 6.07) is 5.58. The fourth-order valence-electron chi connectivity index (χ4n) is 2.64. The molecule has 2 N–H and O–H groups in total. The third kappa shape index (κ3) is 4.03. The number of amides is 1. The third-order valence-electron chi connectivity index (χ3n) is 3.86. The molecule has 0 unspecified atom stereocenters. The van der Waals surface area contributed by atoms with Crippen LogP contribution in [0.1, 0.15) is 32.6 Å². The minimum atomic E-state index is -0.288. The van der Waals surface area contributed by atoms with Crippen LogP contribution in [0.5, 0.6) is 11.5 Å². The Morgan fingerprint density at radius 2 is 1.86 bits per heavy atom. The van der Waals surface area contributed by atoms with Gasteiger partial charge in [0.15, 0.2) is 11.5 Å². The summed E-state index contributed by atoms with van der Waals surface area (Å²) in [6.45, 7) is 1.86. The predicted octanol–water partition coefficient (Wildman–Crippen LogP) is 2.56. The van der Waals surface area contributed by atoms with Gasteiger partial charge in [-0.3, -0.25) is 4.79 Å². The van der Waals surface area contributed by atoms with Crippen LogP contribution < -0.4 is 20.1 Å². The highest BCUT2D eigenvalue weighted by Gasteiger charge is 2.20. The molecule has 5 nitrogen and oxygen atoms in total. The van der Waals surface area contributed by atoms with Gasteiger partial charge in [0.2, 0.25) is 5.91 Å².